The number of aryl methyl sites for hydroxylation is 1. The molecule has 0 radical (unpaired) electrons. The molecule has 0 fully saturated rings. The predicted molar refractivity (Wildman–Crippen MR) is 83.6 cm³/mol. The van der Waals surface area contributed by atoms with Gasteiger partial charge in [0.2, 0.25) is 0 Å². The summed E-state index contributed by atoms with van der Waals surface area (Å²) in [7, 11) is 0. The maximum atomic E-state index is 13.6. The van der Waals surface area contributed by atoms with Gasteiger partial charge in [0.1, 0.15) is 22.9 Å². The number of aromatic carboxylic acids is 1. The van der Waals surface area contributed by atoms with Crippen LogP contribution in [0, 0.1) is 18.6 Å². The Morgan fingerprint density at radius 3 is 2.29 bits per heavy atom. The van der Waals surface area contributed by atoms with Gasteiger partial charge in [-0.2, -0.15) is 0 Å². The quantitative estimate of drug-likeness (QED) is 0.875. The first-order valence-corrected chi connectivity index (χ1v) is 7.10. The van der Waals surface area contributed by atoms with Gasteiger partial charge in [0.15, 0.2) is 0 Å². The first-order chi connectivity index (χ1) is 11.3. The van der Waals surface area contributed by atoms with Crippen LogP contribution in [0.1, 0.15) is 33.2 Å². The van der Waals surface area contributed by atoms with E-state index in [1.807, 2.05) is 6.92 Å². The lowest BCUT2D eigenvalue weighted by Gasteiger charge is -2.10. The zero-order valence-electron chi connectivity index (χ0n) is 13.0. The third-order valence-corrected chi connectivity index (χ3v) is 3.25. The number of rotatable bonds is 5. The van der Waals surface area contributed by atoms with Crippen molar-refractivity contribution in [3.8, 4) is 5.75 Å². The van der Waals surface area contributed by atoms with Crippen molar-refractivity contribution in [3.05, 3.63) is 58.7 Å². The monoisotopic (exact) mass is 335 g/mol. The maximum Gasteiger partial charge on any atom is 0.341 e. The fourth-order valence-corrected chi connectivity index (χ4v) is 2.16. The largest absolute Gasteiger partial charge is 0.494 e. The molecule has 0 saturated heterocycles. The lowest BCUT2D eigenvalue weighted by molar-refractivity contribution is 0.0686. The number of halogens is 2. The minimum atomic E-state index is -1.72. The van der Waals surface area contributed by atoms with Crippen LogP contribution in [0.25, 0.3) is 0 Å². The molecule has 0 bridgehead atoms. The molecule has 24 heavy (non-hydrogen) atoms. The van der Waals surface area contributed by atoms with E-state index < -0.39 is 29.1 Å². The standard InChI is InChI=1S/C17H15F2NO4/c1-3-24-14-5-4-10(6-9(14)2)16(21)20-11-7-12(18)15(17(22)23)13(19)8-11/h4-8H,3H2,1-2H3,(H,20,21)(H,22,23). The summed E-state index contributed by atoms with van der Waals surface area (Å²) in [5.74, 6) is -4.19. The number of benzene rings is 2. The number of carbonyl (C=O) groups is 2. The molecule has 0 aliphatic rings. The van der Waals surface area contributed by atoms with Gasteiger partial charge in [-0.25, -0.2) is 13.6 Å². The topological polar surface area (TPSA) is 75.6 Å². The molecule has 126 valence electrons. The molecule has 0 unspecified atom stereocenters. The zero-order valence-corrected chi connectivity index (χ0v) is 13.0. The number of anilines is 1. The maximum absolute atomic E-state index is 13.6. The molecule has 0 atom stereocenters. The number of carboxylic acids is 1. The Hall–Kier alpha value is -2.96. The van der Waals surface area contributed by atoms with Crippen LogP contribution in [0.15, 0.2) is 30.3 Å². The normalized spacial score (nSPS) is 10.3. The highest BCUT2D eigenvalue weighted by atomic mass is 19.1. The highest BCUT2D eigenvalue weighted by Gasteiger charge is 2.19. The van der Waals surface area contributed by atoms with Crippen LogP contribution in [0.3, 0.4) is 0 Å². The summed E-state index contributed by atoms with van der Waals surface area (Å²) in [4.78, 5) is 22.9. The van der Waals surface area contributed by atoms with Crippen LogP contribution in [-0.4, -0.2) is 23.6 Å². The molecule has 2 aromatic rings. The number of ether oxygens (including phenoxy) is 1. The van der Waals surface area contributed by atoms with Crippen LogP contribution in [-0.2, 0) is 0 Å². The van der Waals surface area contributed by atoms with Gasteiger partial charge in [-0.3, -0.25) is 4.79 Å². The highest BCUT2D eigenvalue weighted by Crippen LogP contribution is 2.22. The van der Waals surface area contributed by atoms with Crippen molar-refractivity contribution in [3.63, 3.8) is 0 Å². The molecule has 7 heteroatoms. The number of amides is 1. The van der Waals surface area contributed by atoms with E-state index in [0.29, 0.717) is 12.4 Å². The van der Waals surface area contributed by atoms with E-state index >= 15 is 0 Å². The van der Waals surface area contributed by atoms with Gasteiger partial charge in [0, 0.05) is 11.3 Å². The summed E-state index contributed by atoms with van der Waals surface area (Å²) in [6.45, 7) is 4.09. The first kappa shape index (κ1) is 17.4. The summed E-state index contributed by atoms with van der Waals surface area (Å²) in [6, 6.07) is 6.24. The van der Waals surface area contributed by atoms with Gasteiger partial charge in [0.05, 0.1) is 6.61 Å². The van der Waals surface area contributed by atoms with Gasteiger partial charge in [0.25, 0.3) is 5.91 Å². The van der Waals surface area contributed by atoms with Gasteiger partial charge >= 0.3 is 5.97 Å². The molecular formula is C17H15F2NO4. The molecular weight excluding hydrogens is 320 g/mol. The summed E-state index contributed by atoms with van der Waals surface area (Å²) in [5.41, 5.74) is -0.224. The van der Waals surface area contributed by atoms with Gasteiger partial charge in [-0.1, -0.05) is 0 Å². The molecule has 5 nitrogen and oxygen atoms in total. The minimum Gasteiger partial charge on any atom is -0.494 e. The molecule has 2 aromatic carbocycles. The molecule has 2 rings (SSSR count). The van der Waals surface area contributed by atoms with Crippen molar-refractivity contribution in [2.75, 3.05) is 11.9 Å². The van der Waals surface area contributed by atoms with E-state index in [0.717, 1.165) is 17.7 Å². The number of carbonyl (C=O) groups excluding carboxylic acids is 1. The van der Waals surface area contributed by atoms with E-state index in [1.54, 1.807) is 19.1 Å². The summed E-state index contributed by atoms with van der Waals surface area (Å²) in [5, 5.41) is 11.1. The zero-order chi connectivity index (χ0) is 17.9. The molecule has 0 aliphatic carbocycles. The minimum absolute atomic E-state index is 0.175. The summed E-state index contributed by atoms with van der Waals surface area (Å²) < 4.78 is 32.6. The van der Waals surface area contributed by atoms with E-state index in [4.69, 9.17) is 9.84 Å². The van der Waals surface area contributed by atoms with Crippen LogP contribution in [0.2, 0.25) is 0 Å². The Bertz CT molecular complexity index is 782. The van der Waals surface area contributed by atoms with Gasteiger partial charge in [-0.15, -0.1) is 0 Å². The molecule has 0 aliphatic heterocycles. The van der Waals surface area contributed by atoms with Crippen molar-refractivity contribution in [2.45, 2.75) is 13.8 Å². The van der Waals surface area contributed by atoms with Gasteiger partial charge in [-0.05, 0) is 49.7 Å². The third kappa shape index (κ3) is 3.68. The van der Waals surface area contributed by atoms with Crippen molar-refractivity contribution in [2.24, 2.45) is 0 Å². The number of hydrogen-bond acceptors (Lipinski definition) is 3. The first-order valence-electron chi connectivity index (χ1n) is 7.10. The van der Waals surface area contributed by atoms with Crippen molar-refractivity contribution in [1.82, 2.24) is 0 Å². The van der Waals surface area contributed by atoms with Crippen molar-refractivity contribution < 1.29 is 28.2 Å². The average Bonchev–Trinajstić information content (AvgIpc) is 2.48. The number of carboxylic acid groups (broad SMARTS) is 1. The number of hydrogen-bond donors (Lipinski definition) is 2. The van der Waals surface area contributed by atoms with Crippen LogP contribution in [0.5, 0.6) is 5.75 Å². The fraction of sp³-hybridized carbons (Fsp3) is 0.176. The van der Waals surface area contributed by atoms with E-state index in [-0.39, 0.29) is 11.3 Å². The van der Waals surface area contributed by atoms with Crippen molar-refractivity contribution in [1.29, 1.82) is 0 Å². The molecule has 2 N–H and O–H groups in total. The van der Waals surface area contributed by atoms with E-state index in [2.05, 4.69) is 5.32 Å². The molecule has 0 spiro atoms. The third-order valence-electron chi connectivity index (χ3n) is 3.25. The Morgan fingerprint density at radius 2 is 1.79 bits per heavy atom. The highest BCUT2D eigenvalue weighted by molar-refractivity contribution is 6.04. The Balaban J connectivity index is 2.24. The molecule has 0 saturated carbocycles. The van der Waals surface area contributed by atoms with E-state index in [9.17, 15) is 18.4 Å². The number of nitrogens with one attached hydrogen (secondary N) is 1. The smallest absolute Gasteiger partial charge is 0.341 e. The second-order valence-electron chi connectivity index (χ2n) is 4.99. The fourth-order valence-electron chi connectivity index (χ4n) is 2.16. The van der Waals surface area contributed by atoms with Crippen LogP contribution < -0.4 is 10.1 Å². The van der Waals surface area contributed by atoms with E-state index in [1.165, 1.54) is 6.07 Å². The van der Waals surface area contributed by atoms with Crippen LogP contribution in [0.4, 0.5) is 14.5 Å². The van der Waals surface area contributed by atoms with Crippen LogP contribution >= 0.6 is 0 Å². The summed E-state index contributed by atoms with van der Waals surface area (Å²) in [6.07, 6.45) is 0. The van der Waals surface area contributed by atoms with Crippen molar-refractivity contribution >= 4 is 17.6 Å². The SMILES string of the molecule is CCOc1ccc(C(=O)Nc2cc(F)c(C(=O)O)c(F)c2)cc1C. The second kappa shape index (κ2) is 7.08. The Kier molecular flexibility index (Phi) is 5.13. The second-order valence-corrected chi connectivity index (χ2v) is 4.99. The average molecular weight is 335 g/mol. The molecule has 0 aromatic heterocycles. The predicted octanol–water partition coefficient (Wildman–Crippen LogP) is 3.62. The molecule has 1 amide bonds. The van der Waals surface area contributed by atoms with Gasteiger partial charge < -0.3 is 15.2 Å². The molecule has 0 heterocycles. The summed E-state index contributed by atoms with van der Waals surface area (Å²) >= 11 is 0. The lowest BCUT2D eigenvalue weighted by atomic mass is 10.1. The Morgan fingerprint density at radius 1 is 1.17 bits per heavy atom. The Labute approximate surface area is 136 Å². The lowest BCUT2D eigenvalue weighted by Crippen LogP contribution is -2.14.